The molecule has 2 aliphatic heterocycles. The summed E-state index contributed by atoms with van der Waals surface area (Å²) in [6.07, 6.45) is -7.30. The molecule has 1 amide bonds. The van der Waals surface area contributed by atoms with Gasteiger partial charge in [0, 0.05) is 13.7 Å². The zero-order valence-corrected chi connectivity index (χ0v) is 19.1. The average molecular weight is 485 g/mol. The molecule has 4 rings (SSSR count). The Hall–Kier alpha value is -2.60. The van der Waals surface area contributed by atoms with E-state index in [9.17, 15) is 18.0 Å². The fourth-order valence-electron chi connectivity index (χ4n) is 4.37. The van der Waals surface area contributed by atoms with E-state index in [4.69, 9.17) is 28.1 Å². The molecule has 34 heavy (non-hydrogen) atoms. The summed E-state index contributed by atoms with van der Waals surface area (Å²) in [6.45, 7) is 3.01. The normalized spacial score (nSPS) is 26.8. The molecule has 0 unspecified atom stereocenters. The molecule has 3 heterocycles. The summed E-state index contributed by atoms with van der Waals surface area (Å²) in [6, 6.07) is 8.12. The second-order valence-electron chi connectivity index (χ2n) is 8.51. The fraction of sp³-hybridized carbons (Fsp3) is 0.522. The monoisotopic (exact) mass is 485 g/mol. The molecule has 0 N–H and O–H groups in total. The van der Waals surface area contributed by atoms with Crippen LogP contribution < -0.4 is 4.74 Å². The number of halogens is 3. The lowest BCUT2D eigenvalue weighted by Gasteiger charge is -2.36. The van der Waals surface area contributed by atoms with Crippen LogP contribution >= 0.6 is 0 Å². The maximum atomic E-state index is 13.8. The first-order valence-corrected chi connectivity index (χ1v) is 10.6. The first-order chi connectivity index (χ1) is 16.0. The van der Waals surface area contributed by atoms with E-state index < -0.39 is 48.5 Å². The maximum absolute atomic E-state index is 13.8. The predicted molar refractivity (Wildman–Crippen MR) is 111 cm³/mol. The van der Waals surface area contributed by atoms with Gasteiger partial charge in [-0.2, -0.15) is 13.2 Å². The lowest BCUT2D eigenvalue weighted by molar-refractivity contribution is -0.237. The van der Waals surface area contributed by atoms with Gasteiger partial charge in [0.2, 0.25) is 0 Å². The van der Waals surface area contributed by atoms with Gasteiger partial charge in [-0.3, -0.25) is 4.79 Å². The van der Waals surface area contributed by atoms with E-state index in [2.05, 4.69) is 0 Å². The van der Waals surface area contributed by atoms with Crippen LogP contribution in [0.15, 0.2) is 47.1 Å². The van der Waals surface area contributed by atoms with Gasteiger partial charge in [-0.05, 0) is 43.7 Å². The standard InChI is InChI=1S/C23H26F3NO7/c1-22(2)33-18-17(32-20(30-4)19(18)34-22)16(15-6-5-11-31-15)27(21(28)23(24,25)26)12-13-7-9-14(29-3)10-8-13/h5-11,16-20H,12H2,1-4H3/t16-,17-,18-,19-,20-/m1/s1. The molecule has 0 saturated carbocycles. The smallest absolute Gasteiger partial charge is 0.471 e. The van der Waals surface area contributed by atoms with Crippen molar-refractivity contribution in [2.75, 3.05) is 14.2 Å². The van der Waals surface area contributed by atoms with Crippen LogP contribution in [0, 0.1) is 0 Å². The largest absolute Gasteiger partial charge is 0.497 e. The van der Waals surface area contributed by atoms with Gasteiger partial charge in [0.25, 0.3) is 0 Å². The summed E-state index contributed by atoms with van der Waals surface area (Å²) in [5.74, 6) is -2.41. The summed E-state index contributed by atoms with van der Waals surface area (Å²) in [5, 5.41) is 0. The van der Waals surface area contributed by atoms with Crippen molar-refractivity contribution in [3.05, 3.63) is 54.0 Å². The number of rotatable bonds is 7. The number of furan rings is 1. The van der Waals surface area contributed by atoms with Gasteiger partial charge in [-0.1, -0.05) is 12.1 Å². The van der Waals surface area contributed by atoms with E-state index in [0.29, 0.717) is 16.2 Å². The molecule has 11 heteroatoms. The molecule has 2 aliphatic rings. The minimum Gasteiger partial charge on any atom is -0.497 e. The summed E-state index contributed by atoms with van der Waals surface area (Å²) < 4.78 is 75.2. The SMILES string of the molecule is COc1ccc(CN(C(=O)C(F)(F)F)[C@H](c2ccco2)[C@H]2O[C@@H](OC)[C@@H]3OC(C)(C)O[C@@H]32)cc1. The molecule has 1 aromatic heterocycles. The van der Waals surface area contributed by atoms with Crippen LogP contribution in [0.25, 0.3) is 0 Å². The van der Waals surface area contributed by atoms with Gasteiger partial charge in [-0.15, -0.1) is 0 Å². The van der Waals surface area contributed by atoms with Crippen LogP contribution in [0.5, 0.6) is 5.75 Å². The van der Waals surface area contributed by atoms with Crippen molar-refractivity contribution in [2.24, 2.45) is 0 Å². The Balaban J connectivity index is 1.76. The van der Waals surface area contributed by atoms with E-state index in [1.807, 2.05) is 0 Å². The molecule has 2 aromatic rings. The van der Waals surface area contributed by atoms with Crippen molar-refractivity contribution in [1.29, 1.82) is 0 Å². The van der Waals surface area contributed by atoms with Crippen LogP contribution in [-0.2, 0) is 30.3 Å². The number of carbonyl (C=O) groups excluding carboxylic acids is 1. The van der Waals surface area contributed by atoms with Crippen molar-refractivity contribution in [1.82, 2.24) is 4.90 Å². The highest BCUT2D eigenvalue weighted by molar-refractivity contribution is 5.82. The first kappa shape index (κ1) is 24.5. The Bertz CT molecular complexity index is 977. The predicted octanol–water partition coefficient (Wildman–Crippen LogP) is 3.81. The van der Waals surface area contributed by atoms with Crippen LogP contribution in [0.3, 0.4) is 0 Å². The van der Waals surface area contributed by atoms with E-state index in [0.717, 1.165) is 0 Å². The van der Waals surface area contributed by atoms with Gasteiger partial charge in [0.1, 0.15) is 35.9 Å². The molecule has 2 saturated heterocycles. The average Bonchev–Trinajstić information content (AvgIpc) is 3.49. The third-order valence-electron chi connectivity index (χ3n) is 5.78. The molecule has 2 fully saturated rings. The number of benzene rings is 1. The van der Waals surface area contributed by atoms with Crippen molar-refractivity contribution >= 4 is 5.91 Å². The quantitative estimate of drug-likeness (QED) is 0.590. The van der Waals surface area contributed by atoms with Crippen LogP contribution in [0.1, 0.15) is 31.2 Å². The summed E-state index contributed by atoms with van der Waals surface area (Å²) in [5.41, 5.74) is 0.455. The van der Waals surface area contributed by atoms with E-state index >= 15 is 0 Å². The number of methoxy groups -OCH3 is 2. The maximum Gasteiger partial charge on any atom is 0.471 e. The summed E-state index contributed by atoms with van der Waals surface area (Å²) >= 11 is 0. The van der Waals surface area contributed by atoms with Gasteiger partial charge in [0.05, 0.1) is 13.4 Å². The second kappa shape index (κ2) is 9.21. The minimum atomic E-state index is -5.14. The van der Waals surface area contributed by atoms with E-state index in [1.54, 1.807) is 38.1 Å². The van der Waals surface area contributed by atoms with E-state index in [-0.39, 0.29) is 12.3 Å². The molecule has 0 aliphatic carbocycles. The third-order valence-corrected chi connectivity index (χ3v) is 5.78. The highest BCUT2D eigenvalue weighted by Crippen LogP contribution is 2.45. The van der Waals surface area contributed by atoms with Crippen molar-refractivity contribution in [3.63, 3.8) is 0 Å². The Labute approximate surface area is 194 Å². The van der Waals surface area contributed by atoms with Crippen LogP contribution in [0.4, 0.5) is 13.2 Å². The second-order valence-corrected chi connectivity index (χ2v) is 8.51. The number of hydrogen-bond donors (Lipinski definition) is 0. The Morgan fingerprint density at radius 1 is 1.12 bits per heavy atom. The summed E-state index contributed by atoms with van der Waals surface area (Å²) in [7, 11) is 2.88. The number of nitrogens with zero attached hydrogens (tertiary/aromatic N) is 1. The first-order valence-electron chi connectivity index (χ1n) is 10.6. The van der Waals surface area contributed by atoms with Gasteiger partial charge in [0.15, 0.2) is 12.1 Å². The Morgan fingerprint density at radius 2 is 1.79 bits per heavy atom. The highest BCUT2D eigenvalue weighted by Gasteiger charge is 2.60. The molecule has 0 radical (unpaired) electrons. The molecule has 8 nitrogen and oxygen atoms in total. The molecular formula is C23H26F3NO7. The lowest BCUT2D eigenvalue weighted by atomic mass is 9.98. The number of carbonyl (C=O) groups is 1. The van der Waals surface area contributed by atoms with E-state index in [1.165, 1.54) is 32.6 Å². The topological polar surface area (TPSA) is 79.6 Å². The zero-order chi connectivity index (χ0) is 24.7. The third kappa shape index (κ3) is 4.78. The van der Waals surface area contributed by atoms with Crippen molar-refractivity contribution in [2.45, 2.75) is 63.0 Å². The van der Waals surface area contributed by atoms with Crippen LogP contribution in [-0.4, -0.2) is 61.6 Å². The zero-order valence-electron chi connectivity index (χ0n) is 19.1. The molecule has 5 atom stereocenters. The minimum absolute atomic E-state index is 0.111. The number of hydrogen-bond acceptors (Lipinski definition) is 7. The number of ether oxygens (including phenoxy) is 5. The summed E-state index contributed by atoms with van der Waals surface area (Å²) in [4.78, 5) is 13.4. The number of amides is 1. The number of alkyl halides is 3. The Kier molecular flexibility index (Phi) is 6.65. The number of fused-ring (bicyclic) bond motifs is 1. The lowest BCUT2D eigenvalue weighted by Crippen LogP contribution is -2.49. The molecule has 1 aromatic carbocycles. The Morgan fingerprint density at radius 3 is 2.35 bits per heavy atom. The fourth-order valence-corrected chi connectivity index (χ4v) is 4.37. The van der Waals surface area contributed by atoms with Gasteiger partial charge in [-0.25, -0.2) is 0 Å². The molecular weight excluding hydrogens is 459 g/mol. The highest BCUT2D eigenvalue weighted by atomic mass is 19.4. The van der Waals surface area contributed by atoms with Gasteiger partial charge < -0.3 is 33.0 Å². The van der Waals surface area contributed by atoms with Crippen molar-refractivity contribution in [3.8, 4) is 5.75 Å². The van der Waals surface area contributed by atoms with Crippen LogP contribution in [0.2, 0.25) is 0 Å². The van der Waals surface area contributed by atoms with Crippen molar-refractivity contribution < 1.29 is 46.1 Å². The molecule has 186 valence electrons. The molecule has 0 spiro atoms. The molecule has 0 bridgehead atoms. The van der Waals surface area contributed by atoms with Gasteiger partial charge >= 0.3 is 12.1 Å².